The molecular formula is C16H23NO2S. The smallest absolute Gasteiger partial charge is 0.233 e. The van der Waals surface area contributed by atoms with Crippen LogP contribution in [0.25, 0.3) is 0 Å². The second kappa shape index (κ2) is 7.70. The molecule has 4 heteroatoms. The summed E-state index contributed by atoms with van der Waals surface area (Å²) in [6, 6.07) is 8.63. The number of aliphatic hydroxyl groups excluding tert-OH is 1. The Morgan fingerprint density at radius 3 is 2.85 bits per heavy atom. The third-order valence-electron chi connectivity index (χ3n) is 3.78. The summed E-state index contributed by atoms with van der Waals surface area (Å²) in [7, 11) is 0. The molecule has 0 radical (unpaired) electrons. The van der Waals surface area contributed by atoms with Crippen LogP contribution >= 0.6 is 11.8 Å². The standard InChI is InChI=1S/C16H23NO2S/c1-13-6-8-15(9-7-13)20-12-16(19)17-10-2-4-14(17)5-3-11-18/h6-9,14,18H,2-5,10-12H2,1H3. The lowest BCUT2D eigenvalue weighted by molar-refractivity contribution is -0.129. The van der Waals surface area contributed by atoms with E-state index in [4.69, 9.17) is 5.11 Å². The first-order valence-electron chi connectivity index (χ1n) is 7.30. The number of hydrogen-bond acceptors (Lipinski definition) is 3. The molecule has 1 aliphatic rings. The zero-order valence-corrected chi connectivity index (χ0v) is 12.9. The zero-order valence-electron chi connectivity index (χ0n) is 12.0. The van der Waals surface area contributed by atoms with Gasteiger partial charge in [0.05, 0.1) is 5.75 Å². The third kappa shape index (κ3) is 4.25. The van der Waals surface area contributed by atoms with Gasteiger partial charge in [-0.2, -0.15) is 0 Å². The number of rotatable bonds is 6. The van der Waals surface area contributed by atoms with Gasteiger partial charge in [0, 0.05) is 24.1 Å². The van der Waals surface area contributed by atoms with E-state index in [0.717, 1.165) is 37.1 Å². The highest BCUT2D eigenvalue weighted by Crippen LogP contribution is 2.24. The molecule has 1 aliphatic heterocycles. The van der Waals surface area contributed by atoms with Crippen LogP contribution < -0.4 is 0 Å². The van der Waals surface area contributed by atoms with Crippen LogP contribution in [-0.4, -0.2) is 40.9 Å². The molecule has 1 aromatic carbocycles. The van der Waals surface area contributed by atoms with Gasteiger partial charge in [0.1, 0.15) is 0 Å². The van der Waals surface area contributed by atoms with Crippen LogP contribution in [0.5, 0.6) is 0 Å². The van der Waals surface area contributed by atoms with E-state index in [9.17, 15) is 4.79 Å². The molecule has 1 aromatic rings. The van der Waals surface area contributed by atoms with Gasteiger partial charge in [-0.15, -0.1) is 11.8 Å². The maximum absolute atomic E-state index is 12.3. The summed E-state index contributed by atoms with van der Waals surface area (Å²) in [5, 5.41) is 8.92. The van der Waals surface area contributed by atoms with E-state index < -0.39 is 0 Å². The number of thioether (sulfide) groups is 1. The van der Waals surface area contributed by atoms with E-state index in [1.165, 1.54) is 5.56 Å². The van der Waals surface area contributed by atoms with Crippen molar-refractivity contribution in [3.63, 3.8) is 0 Å². The van der Waals surface area contributed by atoms with Crippen molar-refractivity contribution in [1.82, 2.24) is 4.90 Å². The zero-order chi connectivity index (χ0) is 14.4. The Morgan fingerprint density at radius 2 is 2.15 bits per heavy atom. The number of carbonyl (C=O) groups is 1. The Hall–Kier alpha value is -1.00. The van der Waals surface area contributed by atoms with E-state index >= 15 is 0 Å². The molecule has 1 unspecified atom stereocenters. The van der Waals surface area contributed by atoms with Crippen LogP contribution in [0.15, 0.2) is 29.2 Å². The molecule has 0 bridgehead atoms. The summed E-state index contributed by atoms with van der Waals surface area (Å²) in [5.41, 5.74) is 1.24. The molecular weight excluding hydrogens is 270 g/mol. The van der Waals surface area contributed by atoms with Crippen LogP contribution in [0.2, 0.25) is 0 Å². The van der Waals surface area contributed by atoms with Crippen LogP contribution in [0.1, 0.15) is 31.2 Å². The highest BCUT2D eigenvalue weighted by molar-refractivity contribution is 8.00. The number of nitrogens with zero attached hydrogens (tertiary/aromatic N) is 1. The van der Waals surface area contributed by atoms with Crippen LogP contribution in [-0.2, 0) is 4.79 Å². The second-order valence-electron chi connectivity index (χ2n) is 5.35. The van der Waals surface area contributed by atoms with Crippen molar-refractivity contribution in [3.8, 4) is 0 Å². The number of carbonyl (C=O) groups excluding carboxylic acids is 1. The minimum Gasteiger partial charge on any atom is -0.396 e. The average Bonchev–Trinajstić information content (AvgIpc) is 2.92. The molecule has 1 N–H and O–H groups in total. The van der Waals surface area contributed by atoms with E-state index in [1.54, 1.807) is 11.8 Å². The van der Waals surface area contributed by atoms with E-state index in [1.807, 2.05) is 4.90 Å². The number of amides is 1. The molecule has 20 heavy (non-hydrogen) atoms. The van der Waals surface area contributed by atoms with Crippen molar-refractivity contribution in [2.75, 3.05) is 18.9 Å². The molecule has 3 nitrogen and oxygen atoms in total. The Balaban J connectivity index is 1.83. The second-order valence-corrected chi connectivity index (χ2v) is 6.40. The molecule has 1 fully saturated rings. The van der Waals surface area contributed by atoms with Crippen molar-refractivity contribution in [2.24, 2.45) is 0 Å². The average molecular weight is 293 g/mol. The van der Waals surface area contributed by atoms with E-state index in [2.05, 4.69) is 31.2 Å². The minimum absolute atomic E-state index is 0.219. The Labute approximate surface area is 125 Å². The highest BCUT2D eigenvalue weighted by atomic mass is 32.2. The lowest BCUT2D eigenvalue weighted by Gasteiger charge is -2.24. The van der Waals surface area contributed by atoms with Crippen molar-refractivity contribution in [2.45, 2.75) is 43.5 Å². The Morgan fingerprint density at radius 1 is 1.40 bits per heavy atom. The first-order valence-corrected chi connectivity index (χ1v) is 8.29. The van der Waals surface area contributed by atoms with Crippen molar-refractivity contribution >= 4 is 17.7 Å². The van der Waals surface area contributed by atoms with E-state index in [-0.39, 0.29) is 12.5 Å². The summed E-state index contributed by atoms with van der Waals surface area (Å²) >= 11 is 1.61. The Bertz CT molecular complexity index is 433. The molecule has 110 valence electrons. The first-order chi connectivity index (χ1) is 9.70. The number of hydrogen-bond donors (Lipinski definition) is 1. The minimum atomic E-state index is 0.219. The number of aliphatic hydroxyl groups is 1. The largest absolute Gasteiger partial charge is 0.396 e. The summed E-state index contributed by atoms with van der Waals surface area (Å²) in [6.07, 6.45) is 3.90. The topological polar surface area (TPSA) is 40.5 Å². The summed E-state index contributed by atoms with van der Waals surface area (Å²) < 4.78 is 0. The normalized spacial score (nSPS) is 18.5. The van der Waals surface area contributed by atoms with Gasteiger partial charge in [-0.3, -0.25) is 4.79 Å². The van der Waals surface area contributed by atoms with Gasteiger partial charge in [0.25, 0.3) is 0 Å². The molecule has 0 spiro atoms. The van der Waals surface area contributed by atoms with Gasteiger partial charge in [-0.25, -0.2) is 0 Å². The fourth-order valence-electron chi connectivity index (χ4n) is 2.65. The van der Waals surface area contributed by atoms with Crippen LogP contribution in [0, 0.1) is 6.92 Å². The number of benzene rings is 1. The molecule has 1 atom stereocenters. The molecule has 0 aromatic heterocycles. The van der Waals surface area contributed by atoms with Gasteiger partial charge in [0.2, 0.25) is 5.91 Å². The third-order valence-corrected chi connectivity index (χ3v) is 4.77. The summed E-state index contributed by atoms with van der Waals surface area (Å²) in [6.45, 7) is 3.16. The van der Waals surface area contributed by atoms with Gasteiger partial charge in [-0.1, -0.05) is 17.7 Å². The number of aryl methyl sites for hydroxylation is 1. The predicted molar refractivity (Wildman–Crippen MR) is 83.0 cm³/mol. The number of likely N-dealkylation sites (tertiary alicyclic amines) is 1. The maximum atomic E-state index is 12.3. The molecule has 1 heterocycles. The quantitative estimate of drug-likeness (QED) is 0.820. The van der Waals surface area contributed by atoms with E-state index in [0.29, 0.717) is 11.8 Å². The van der Waals surface area contributed by atoms with Gasteiger partial charge in [-0.05, 0) is 44.7 Å². The molecule has 1 saturated heterocycles. The molecule has 0 saturated carbocycles. The fourth-order valence-corrected chi connectivity index (χ4v) is 3.44. The van der Waals surface area contributed by atoms with Gasteiger partial charge >= 0.3 is 0 Å². The summed E-state index contributed by atoms with van der Waals surface area (Å²) in [4.78, 5) is 15.5. The van der Waals surface area contributed by atoms with Crippen molar-refractivity contribution in [3.05, 3.63) is 29.8 Å². The van der Waals surface area contributed by atoms with Crippen LogP contribution in [0.4, 0.5) is 0 Å². The maximum Gasteiger partial charge on any atom is 0.233 e. The molecule has 1 amide bonds. The van der Waals surface area contributed by atoms with Crippen molar-refractivity contribution < 1.29 is 9.90 Å². The summed E-state index contributed by atoms with van der Waals surface area (Å²) in [5.74, 6) is 0.745. The predicted octanol–water partition coefficient (Wildman–Crippen LogP) is 2.85. The fraction of sp³-hybridized carbons (Fsp3) is 0.562. The molecule has 0 aliphatic carbocycles. The lowest BCUT2D eigenvalue weighted by Crippen LogP contribution is -2.36. The van der Waals surface area contributed by atoms with Gasteiger partial charge < -0.3 is 10.0 Å². The Kier molecular flexibility index (Phi) is 5.92. The van der Waals surface area contributed by atoms with Crippen molar-refractivity contribution in [1.29, 1.82) is 0 Å². The van der Waals surface area contributed by atoms with Crippen LogP contribution in [0.3, 0.4) is 0 Å². The van der Waals surface area contributed by atoms with Gasteiger partial charge in [0.15, 0.2) is 0 Å². The molecule has 2 rings (SSSR count). The monoisotopic (exact) mass is 293 g/mol. The lowest BCUT2D eigenvalue weighted by atomic mass is 10.1. The first kappa shape index (κ1) is 15.4. The highest BCUT2D eigenvalue weighted by Gasteiger charge is 2.27. The SMILES string of the molecule is Cc1ccc(SCC(=O)N2CCCC2CCCO)cc1.